The lowest BCUT2D eigenvalue weighted by atomic mass is 9.76. The number of rotatable bonds is 10. The molecule has 1 saturated heterocycles. The zero-order valence-electron chi connectivity index (χ0n) is 20.8. The predicted molar refractivity (Wildman–Crippen MR) is 134 cm³/mol. The average Bonchev–Trinajstić information content (AvgIpc) is 3.44. The summed E-state index contributed by atoms with van der Waals surface area (Å²) >= 11 is 0. The van der Waals surface area contributed by atoms with E-state index in [1.165, 1.54) is 0 Å². The van der Waals surface area contributed by atoms with Crippen LogP contribution in [0.3, 0.4) is 0 Å². The monoisotopic (exact) mass is 484 g/mol. The summed E-state index contributed by atoms with van der Waals surface area (Å²) in [4.78, 5) is 2.41. The van der Waals surface area contributed by atoms with Crippen molar-refractivity contribution in [3.8, 4) is 6.07 Å². The molecule has 192 valence electrons. The average molecular weight is 485 g/mol. The first-order valence-electron chi connectivity index (χ1n) is 13.1. The Labute approximate surface area is 208 Å². The minimum absolute atomic E-state index is 0.191. The molecule has 0 spiro atoms. The smallest absolute Gasteiger partial charge is 0.138 e. The molecule has 0 radical (unpaired) electrons. The van der Waals surface area contributed by atoms with E-state index in [1.807, 2.05) is 0 Å². The van der Waals surface area contributed by atoms with Crippen LogP contribution < -0.4 is 21.7 Å². The highest BCUT2D eigenvalue weighted by Crippen LogP contribution is 2.49. The topological polar surface area (TPSA) is 139 Å². The van der Waals surface area contributed by atoms with E-state index in [2.05, 4.69) is 59.0 Å². The number of aliphatic hydroxyl groups is 2. The van der Waals surface area contributed by atoms with Gasteiger partial charge in [-0.1, -0.05) is 6.07 Å². The molecule has 4 aliphatic rings. The van der Waals surface area contributed by atoms with Crippen molar-refractivity contribution >= 4 is 11.4 Å². The Hall–Kier alpha value is -1.93. The van der Waals surface area contributed by atoms with E-state index in [1.54, 1.807) is 0 Å². The number of fused-ring (bicyclic) bond motifs is 1. The minimum atomic E-state index is -0.965. The minimum Gasteiger partial charge on any atom is -0.387 e. The van der Waals surface area contributed by atoms with Gasteiger partial charge in [0.15, 0.2) is 0 Å². The molecule has 3 fully saturated rings. The van der Waals surface area contributed by atoms with Crippen LogP contribution in [-0.4, -0.2) is 71.1 Å². The van der Waals surface area contributed by atoms with Gasteiger partial charge in [-0.25, -0.2) is 0 Å². The van der Waals surface area contributed by atoms with Crippen LogP contribution in [0.5, 0.6) is 0 Å². The fourth-order valence-electron chi connectivity index (χ4n) is 6.02. The molecule has 7 N–H and O–H groups in total. The van der Waals surface area contributed by atoms with Crippen molar-refractivity contribution in [1.29, 1.82) is 5.26 Å². The number of aliphatic hydroxyl groups excluding tert-OH is 2. The highest BCUT2D eigenvalue weighted by molar-refractivity contribution is 5.76. The van der Waals surface area contributed by atoms with Gasteiger partial charge in [-0.2, -0.15) is 5.26 Å². The van der Waals surface area contributed by atoms with Crippen LogP contribution in [0.15, 0.2) is 18.2 Å². The SMILES string of the molecule is CC(C)N(C[C@H]1O[C@@H](NCN)[C@H](O)[C@@H]1O)[C@H]1C[C@@H](CCC2Nc3ccc(C4(C#N)CC4)cc3N2)C1. The lowest BCUT2D eigenvalue weighted by Gasteiger charge is -2.46. The Morgan fingerprint density at radius 1 is 1.20 bits per heavy atom. The maximum Gasteiger partial charge on any atom is 0.138 e. The summed E-state index contributed by atoms with van der Waals surface area (Å²) in [7, 11) is 0. The molecule has 0 aromatic heterocycles. The van der Waals surface area contributed by atoms with Crippen LogP contribution in [-0.2, 0) is 10.2 Å². The zero-order valence-corrected chi connectivity index (χ0v) is 20.8. The molecular weight excluding hydrogens is 444 g/mol. The quantitative estimate of drug-likeness (QED) is 0.274. The lowest BCUT2D eigenvalue weighted by Crippen LogP contribution is -2.52. The summed E-state index contributed by atoms with van der Waals surface area (Å²) in [6.45, 7) is 5.15. The van der Waals surface area contributed by atoms with Gasteiger partial charge in [0.2, 0.25) is 0 Å². The third kappa shape index (κ3) is 4.88. The lowest BCUT2D eigenvalue weighted by molar-refractivity contribution is -0.0495. The molecular formula is C26H40N6O3. The van der Waals surface area contributed by atoms with Crippen LogP contribution in [0.1, 0.15) is 57.9 Å². The van der Waals surface area contributed by atoms with Crippen molar-refractivity contribution < 1.29 is 14.9 Å². The van der Waals surface area contributed by atoms with Crippen LogP contribution in [0, 0.1) is 17.2 Å². The number of benzene rings is 1. The zero-order chi connectivity index (χ0) is 24.7. The fraction of sp³-hybridized carbons (Fsp3) is 0.731. The largest absolute Gasteiger partial charge is 0.387 e. The molecule has 0 bridgehead atoms. The van der Waals surface area contributed by atoms with Crippen LogP contribution in [0.25, 0.3) is 0 Å². The predicted octanol–water partition coefficient (Wildman–Crippen LogP) is 1.63. The second-order valence-corrected chi connectivity index (χ2v) is 11.1. The van der Waals surface area contributed by atoms with Gasteiger partial charge in [0, 0.05) is 25.3 Å². The number of ether oxygens (including phenoxy) is 1. The highest BCUT2D eigenvalue weighted by Gasteiger charge is 2.46. The van der Waals surface area contributed by atoms with Gasteiger partial charge in [-0.3, -0.25) is 10.2 Å². The third-order valence-corrected chi connectivity index (χ3v) is 8.47. The summed E-state index contributed by atoms with van der Waals surface area (Å²) < 4.78 is 5.87. The highest BCUT2D eigenvalue weighted by atomic mass is 16.6. The molecule has 1 aromatic rings. The van der Waals surface area contributed by atoms with Gasteiger partial charge in [0.05, 0.1) is 29.0 Å². The van der Waals surface area contributed by atoms with Crippen molar-refractivity contribution in [1.82, 2.24) is 10.2 Å². The molecule has 5 rings (SSSR count). The molecule has 9 heteroatoms. The number of anilines is 2. The Balaban J connectivity index is 1.08. The van der Waals surface area contributed by atoms with Crippen molar-refractivity contribution in [2.24, 2.45) is 11.7 Å². The molecule has 2 aliphatic heterocycles. The third-order valence-electron chi connectivity index (χ3n) is 8.47. The van der Waals surface area contributed by atoms with E-state index in [9.17, 15) is 15.5 Å². The summed E-state index contributed by atoms with van der Waals surface area (Å²) in [5, 5.41) is 40.3. The normalized spacial score (nSPS) is 34.7. The van der Waals surface area contributed by atoms with E-state index >= 15 is 0 Å². The molecule has 5 atom stereocenters. The molecule has 35 heavy (non-hydrogen) atoms. The fourth-order valence-corrected chi connectivity index (χ4v) is 6.02. The van der Waals surface area contributed by atoms with Crippen LogP contribution >= 0.6 is 0 Å². The number of nitriles is 1. The first kappa shape index (κ1) is 24.8. The van der Waals surface area contributed by atoms with Crippen LogP contribution in [0.4, 0.5) is 11.4 Å². The number of hydrogen-bond acceptors (Lipinski definition) is 9. The van der Waals surface area contributed by atoms with E-state index in [-0.39, 0.29) is 18.2 Å². The first-order chi connectivity index (χ1) is 16.8. The molecule has 2 aliphatic carbocycles. The molecule has 9 nitrogen and oxygen atoms in total. The van der Waals surface area contributed by atoms with Gasteiger partial charge >= 0.3 is 0 Å². The van der Waals surface area contributed by atoms with Gasteiger partial charge in [-0.05, 0) is 76.0 Å². The number of nitrogens with zero attached hydrogens (tertiary/aromatic N) is 2. The first-order valence-corrected chi connectivity index (χ1v) is 13.1. The van der Waals surface area contributed by atoms with E-state index in [0.29, 0.717) is 24.5 Å². The number of nitrogens with two attached hydrogens (primary N) is 1. The standard InChI is InChI=1S/C26H40N6O3/c1-15(2)32(12-21-23(33)24(34)25(35-21)29-14-28)18-9-16(10-18)3-6-22-30-19-5-4-17(11-20(19)31-22)26(13-27)7-8-26/h4-5,11,15-16,18,21-25,29-31,33-34H,3,6-10,12,14,28H2,1-2H3/t16-,18+,21-,22?,23-,24-,25-/m1/s1. The maximum atomic E-state index is 10.5. The van der Waals surface area contributed by atoms with Gasteiger partial charge in [-0.15, -0.1) is 0 Å². The number of hydrogen-bond donors (Lipinski definition) is 6. The van der Waals surface area contributed by atoms with E-state index in [4.69, 9.17) is 10.5 Å². The summed E-state index contributed by atoms with van der Waals surface area (Å²) in [5.74, 6) is 0.684. The Morgan fingerprint density at radius 2 is 1.94 bits per heavy atom. The number of nitrogens with one attached hydrogen (secondary N) is 3. The van der Waals surface area contributed by atoms with Gasteiger partial charge in [0.25, 0.3) is 0 Å². The Kier molecular flexibility index (Phi) is 6.96. The van der Waals surface area contributed by atoms with Gasteiger partial charge < -0.3 is 31.3 Å². The van der Waals surface area contributed by atoms with Crippen molar-refractivity contribution in [3.05, 3.63) is 23.8 Å². The van der Waals surface area contributed by atoms with Crippen molar-refractivity contribution in [3.63, 3.8) is 0 Å². The summed E-state index contributed by atoms with van der Waals surface area (Å²) in [5.41, 5.74) is 8.65. The van der Waals surface area contributed by atoms with E-state index in [0.717, 1.165) is 55.5 Å². The van der Waals surface area contributed by atoms with E-state index < -0.39 is 24.5 Å². The van der Waals surface area contributed by atoms with Crippen molar-refractivity contribution in [2.45, 2.75) is 101 Å². The summed E-state index contributed by atoms with van der Waals surface area (Å²) in [6, 6.07) is 9.66. The molecule has 0 amide bonds. The maximum absolute atomic E-state index is 10.5. The molecule has 2 saturated carbocycles. The second kappa shape index (κ2) is 9.85. The molecule has 1 unspecified atom stereocenters. The van der Waals surface area contributed by atoms with Crippen molar-refractivity contribution in [2.75, 3.05) is 23.8 Å². The van der Waals surface area contributed by atoms with Crippen LogP contribution in [0.2, 0.25) is 0 Å². The molecule has 2 heterocycles. The van der Waals surface area contributed by atoms with Gasteiger partial charge in [0.1, 0.15) is 24.5 Å². The Bertz CT molecular complexity index is 942. The second-order valence-electron chi connectivity index (χ2n) is 11.1. The Morgan fingerprint density at radius 3 is 2.60 bits per heavy atom. The molecule has 1 aromatic carbocycles. The summed E-state index contributed by atoms with van der Waals surface area (Å²) in [6.07, 6.45) is 3.72.